The lowest BCUT2D eigenvalue weighted by atomic mass is 9.85. The molecule has 3 N–H and O–H groups in total. The molecule has 0 spiro atoms. The Morgan fingerprint density at radius 1 is 1.05 bits per heavy atom. The number of nitriles is 1. The summed E-state index contributed by atoms with van der Waals surface area (Å²) in [6, 6.07) is 19.4. The van der Waals surface area contributed by atoms with Crippen LogP contribution in [0.4, 0.5) is 5.69 Å². The predicted molar refractivity (Wildman–Crippen MR) is 150 cm³/mol. The van der Waals surface area contributed by atoms with Crippen LogP contribution in [0.15, 0.2) is 87.1 Å². The predicted octanol–water partition coefficient (Wildman–Crippen LogP) is 5.59. The Bertz CT molecular complexity index is 1430. The molecule has 0 radical (unpaired) electrons. The minimum atomic E-state index is -0.711. The second-order valence-electron chi connectivity index (χ2n) is 9.25. The molecule has 0 saturated carbocycles. The summed E-state index contributed by atoms with van der Waals surface area (Å²) in [5.41, 5.74) is 6.11. The van der Waals surface area contributed by atoms with Crippen LogP contribution in [0, 0.1) is 32.1 Å². The monoisotopic (exact) mass is 526 g/mol. The first kappa shape index (κ1) is 26.8. The highest BCUT2D eigenvalue weighted by atomic mass is 32.2. The van der Waals surface area contributed by atoms with Gasteiger partial charge in [-0.25, -0.2) is 0 Å². The van der Waals surface area contributed by atoms with Gasteiger partial charge in [0.15, 0.2) is 0 Å². The second-order valence-corrected chi connectivity index (χ2v) is 10.2. The molecule has 0 fully saturated rings. The number of carbonyl (C=O) groups is 2. The van der Waals surface area contributed by atoms with Crippen molar-refractivity contribution in [3.63, 3.8) is 0 Å². The molecule has 0 unspecified atom stereocenters. The summed E-state index contributed by atoms with van der Waals surface area (Å²) in [5.74, 6) is -0.588. The largest absolute Gasteiger partial charge is 0.468 e. The number of allylic oxidation sites excluding steroid dienone is 2. The lowest BCUT2D eigenvalue weighted by Crippen LogP contribution is -2.31. The molecule has 7 nitrogen and oxygen atoms in total. The number of dihydropyridines is 1. The van der Waals surface area contributed by atoms with Crippen LogP contribution in [0.25, 0.3) is 0 Å². The number of furan rings is 1. The van der Waals surface area contributed by atoms with Gasteiger partial charge < -0.3 is 20.4 Å². The first-order chi connectivity index (χ1) is 18.3. The average Bonchev–Trinajstić information content (AvgIpc) is 3.43. The molecule has 2 aromatic carbocycles. The van der Waals surface area contributed by atoms with Gasteiger partial charge in [0, 0.05) is 17.9 Å². The summed E-state index contributed by atoms with van der Waals surface area (Å²) in [6.07, 6.45) is 1.52. The van der Waals surface area contributed by atoms with Crippen LogP contribution in [0.5, 0.6) is 0 Å². The Morgan fingerprint density at radius 2 is 1.76 bits per heavy atom. The van der Waals surface area contributed by atoms with Gasteiger partial charge in [0.1, 0.15) is 5.76 Å². The van der Waals surface area contributed by atoms with Crippen LogP contribution in [0.2, 0.25) is 0 Å². The van der Waals surface area contributed by atoms with Crippen molar-refractivity contribution in [2.45, 2.75) is 40.2 Å². The van der Waals surface area contributed by atoms with E-state index in [0.29, 0.717) is 34.2 Å². The molecule has 1 aliphatic rings. The number of hydrogen-bond acceptors (Lipinski definition) is 6. The smallest absolute Gasteiger partial charge is 0.254 e. The number of thioether (sulfide) groups is 1. The minimum absolute atomic E-state index is 0.113. The Balaban J connectivity index is 1.57. The molecule has 0 bridgehead atoms. The van der Waals surface area contributed by atoms with E-state index in [1.165, 1.54) is 18.0 Å². The standard InChI is InChI=1S/C30H30N4O3S/c1-18-13-19(2)28(20(3)14-18)34-29(36)26-21(4)33-30(23(15-31)27(26)24-11-8-12-37-24)38-17-25(35)32-16-22-9-6-5-7-10-22/h5-14,27,33H,16-17H2,1-4H3,(H,32,35)(H,34,36)/t27-/m1/s1. The van der Waals surface area contributed by atoms with E-state index < -0.39 is 5.92 Å². The van der Waals surface area contributed by atoms with Crippen molar-refractivity contribution in [1.82, 2.24) is 10.6 Å². The van der Waals surface area contributed by atoms with E-state index in [0.717, 1.165) is 27.9 Å². The van der Waals surface area contributed by atoms with Crippen LogP contribution in [-0.2, 0) is 16.1 Å². The summed E-state index contributed by atoms with van der Waals surface area (Å²) in [4.78, 5) is 26.2. The lowest BCUT2D eigenvalue weighted by molar-refractivity contribution is -0.118. The van der Waals surface area contributed by atoms with E-state index in [1.807, 2.05) is 63.2 Å². The topological polar surface area (TPSA) is 107 Å². The molecule has 0 aliphatic carbocycles. The number of anilines is 1. The minimum Gasteiger partial charge on any atom is -0.468 e. The van der Waals surface area contributed by atoms with Crippen LogP contribution >= 0.6 is 11.8 Å². The van der Waals surface area contributed by atoms with Crippen molar-refractivity contribution < 1.29 is 14.0 Å². The van der Waals surface area contributed by atoms with E-state index in [2.05, 4.69) is 22.0 Å². The Kier molecular flexibility index (Phi) is 8.39. The highest BCUT2D eigenvalue weighted by Crippen LogP contribution is 2.41. The van der Waals surface area contributed by atoms with Crippen LogP contribution in [0.3, 0.4) is 0 Å². The van der Waals surface area contributed by atoms with Gasteiger partial charge in [0.05, 0.1) is 40.2 Å². The van der Waals surface area contributed by atoms with Gasteiger partial charge in [0.2, 0.25) is 5.91 Å². The zero-order chi connectivity index (χ0) is 27.2. The van der Waals surface area contributed by atoms with E-state index in [4.69, 9.17) is 4.42 Å². The highest BCUT2D eigenvalue weighted by molar-refractivity contribution is 8.03. The van der Waals surface area contributed by atoms with Crippen molar-refractivity contribution in [1.29, 1.82) is 5.26 Å². The van der Waals surface area contributed by atoms with Crippen molar-refractivity contribution in [3.8, 4) is 6.07 Å². The summed E-state index contributed by atoms with van der Waals surface area (Å²) >= 11 is 1.23. The molecular weight excluding hydrogens is 496 g/mol. The number of carbonyl (C=O) groups excluding carboxylic acids is 2. The molecule has 1 atom stereocenters. The fourth-order valence-electron chi connectivity index (χ4n) is 4.61. The van der Waals surface area contributed by atoms with Crippen LogP contribution in [-0.4, -0.2) is 17.6 Å². The van der Waals surface area contributed by atoms with Gasteiger partial charge in [0.25, 0.3) is 5.91 Å². The van der Waals surface area contributed by atoms with Gasteiger partial charge >= 0.3 is 0 Å². The summed E-state index contributed by atoms with van der Waals surface area (Å²) in [6.45, 7) is 8.15. The fourth-order valence-corrected chi connectivity index (χ4v) is 5.53. The third-order valence-electron chi connectivity index (χ3n) is 6.32. The number of nitrogens with zero attached hydrogens (tertiary/aromatic N) is 1. The Hall–Kier alpha value is -4.22. The van der Waals surface area contributed by atoms with E-state index in [1.54, 1.807) is 19.1 Å². The van der Waals surface area contributed by atoms with E-state index in [9.17, 15) is 14.9 Å². The molecule has 2 amide bonds. The van der Waals surface area contributed by atoms with Gasteiger partial charge in [-0.2, -0.15) is 5.26 Å². The van der Waals surface area contributed by atoms with Gasteiger partial charge in [-0.05, 0) is 56.5 Å². The number of hydrogen-bond donors (Lipinski definition) is 3. The molecular formula is C30H30N4O3S. The quantitative estimate of drug-likeness (QED) is 0.353. The fraction of sp³-hybridized carbons (Fsp3) is 0.233. The van der Waals surface area contributed by atoms with E-state index in [-0.39, 0.29) is 17.6 Å². The number of rotatable bonds is 8. The zero-order valence-corrected chi connectivity index (χ0v) is 22.7. The maximum absolute atomic E-state index is 13.7. The number of benzene rings is 2. The zero-order valence-electron chi connectivity index (χ0n) is 21.8. The first-order valence-electron chi connectivity index (χ1n) is 12.3. The molecule has 38 heavy (non-hydrogen) atoms. The number of aryl methyl sites for hydroxylation is 3. The summed E-state index contributed by atoms with van der Waals surface area (Å²) in [7, 11) is 0. The molecule has 2 heterocycles. The molecule has 194 valence electrons. The summed E-state index contributed by atoms with van der Waals surface area (Å²) < 4.78 is 5.69. The SMILES string of the molecule is CC1=C(C(=O)Nc2c(C)cc(C)cc2C)[C@@H](c2ccco2)C(C#N)=C(SCC(=O)NCc2ccccc2)N1. The van der Waals surface area contributed by atoms with Gasteiger partial charge in [-0.15, -0.1) is 0 Å². The first-order valence-corrected chi connectivity index (χ1v) is 13.2. The van der Waals surface area contributed by atoms with Gasteiger partial charge in [-0.1, -0.05) is 59.8 Å². The molecule has 1 aliphatic heterocycles. The van der Waals surface area contributed by atoms with Crippen molar-refractivity contribution >= 4 is 29.3 Å². The normalized spacial score (nSPS) is 15.1. The second kappa shape index (κ2) is 11.9. The maximum atomic E-state index is 13.7. The molecule has 8 heteroatoms. The molecule has 4 rings (SSSR count). The lowest BCUT2D eigenvalue weighted by Gasteiger charge is -2.28. The highest BCUT2D eigenvalue weighted by Gasteiger charge is 2.36. The van der Waals surface area contributed by atoms with Crippen LogP contribution in [0.1, 0.15) is 40.9 Å². The van der Waals surface area contributed by atoms with Crippen molar-refractivity contribution in [2.75, 3.05) is 11.1 Å². The van der Waals surface area contributed by atoms with Gasteiger partial charge in [-0.3, -0.25) is 9.59 Å². The van der Waals surface area contributed by atoms with Crippen LogP contribution < -0.4 is 16.0 Å². The average molecular weight is 527 g/mol. The number of nitrogens with one attached hydrogen (secondary N) is 3. The molecule has 1 aromatic heterocycles. The maximum Gasteiger partial charge on any atom is 0.254 e. The third kappa shape index (κ3) is 6.01. The van der Waals surface area contributed by atoms with Crippen molar-refractivity contribution in [3.05, 3.63) is 111 Å². The summed E-state index contributed by atoms with van der Waals surface area (Å²) in [5, 5.41) is 19.9. The molecule has 3 aromatic rings. The van der Waals surface area contributed by atoms with Crippen molar-refractivity contribution in [2.24, 2.45) is 0 Å². The third-order valence-corrected chi connectivity index (χ3v) is 7.33. The number of amides is 2. The molecule has 0 saturated heterocycles. The Labute approximate surface area is 227 Å². The van der Waals surface area contributed by atoms with E-state index >= 15 is 0 Å². The Morgan fingerprint density at radius 3 is 2.39 bits per heavy atom.